The SMILES string of the molecule is C=CC(C)CCC(C(CC)C(C)C)C(C)(C)CCC. The molecule has 0 spiro atoms. The molecule has 0 rings (SSSR count). The topological polar surface area (TPSA) is 0 Å². The number of allylic oxidation sites excluding steroid dienone is 1. The Kier molecular flexibility index (Phi) is 8.70. The van der Waals surface area contributed by atoms with Crippen molar-refractivity contribution in [3.8, 4) is 0 Å². The lowest BCUT2D eigenvalue weighted by Crippen LogP contribution is -2.33. The molecule has 0 aromatic heterocycles. The molecule has 0 heterocycles. The standard InChI is InChI=1S/C19H38/c1-9-14-19(7,8)18(13-12-16(6)10-2)17(11-3)15(4)5/h10,15-18H,2,9,11-14H2,1,3-8H3. The highest BCUT2D eigenvalue weighted by atomic mass is 14.4. The van der Waals surface area contributed by atoms with E-state index < -0.39 is 0 Å². The second kappa shape index (κ2) is 8.82. The lowest BCUT2D eigenvalue weighted by atomic mass is 9.63. The van der Waals surface area contributed by atoms with Crippen molar-refractivity contribution < 1.29 is 0 Å². The van der Waals surface area contributed by atoms with Crippen molar-refractivity contribution in [3.05, 3.63) is 12.7 Å². The van der Waals surface area contributed by atoms with Crippen LogP contribution >= 0.6 is 0 Å². The molecule has 0 aliphatic rings. The van der Waals surface area contributed by atoms with Crippen molar-refractivity contribution in [1.82, 2.24) is 0 Å². The normalized spacial score (nSPS) is 17.3. The first kappa shape index (κ1) is 18.7. The van der Waals surface area contributed by atoms with Gasteiger partial charge in [-0.15, -0.1) is 6.58 Å². The zero-order chi connectivity index (χ0) is 15.1. The molecule has 0 aliphatic heterocycles. The molecule has 0 aliphatic carbocycles. The van der Waals surface area contributed by atoms with Crippen LogP contribution in [0.2, 0.25) is 0 Å². The van der Waals surface area contributed by atoms with Gasteiger partial charge >= 0.3 is 0 Å². The van der Waals surface area contributed by atoms with Gasteiger partial charge in [-0.1, -0.05) is 67.4 Å². The second-order valence-electron chi connectivity index (χ2n) is 7.45. The van der Waals surface area contributed by atoms with E-state index in [0.29, 0.717) is 11.3 Å². The molecule has 0 heteroatoms. The quantitative estimate of drug-likeness (QED) is 0.385. The molecule has 3 atom stereocenters. The van der Waals surface area contributed by atoms with Crippen molar-refractivity contribution in [2.45, 2.75) is 80.6 Å². The Labute approximate surface area is 123 Å². The van der Waals surface area contributed by atoms with Gasteiger partial charge in [0.05, 0.1) is 0 Å². The van der Waals surface area contributed by atoms with Gasteiger partial charge in [0.15, 0.2) is 0 Å². The fraction of sp³-hybridized carbons (Fsp3) is 0.895. The van der Waals surface area contributed by atoms with E-state index in [1.165, 1.54) is 32.1 Å². The average molecular weight is 267 g/mol. The molecule has 0 aromatic rings. The summed E-state index contributed by atoms with van der Waals surface area (Å²) in [5.41, 5.74) is 0.473. The molecule has 0 radical (unpaired) electrons. The molecule has 0 aromatic carbocycles. The first-order valence-electron chi connectivity index (χ1n) is 8.42. The Morgan fingerprint density at radius 3 is 2.00 bits per heavy atom. The van der Waals surface area contributed by atoms with Crippen molar-refractivity contribution in [2.24, 2.45) is 29.1 Å². The van der Waals surface area contributed by atoms with Gasteiger partial charge in [-0.2, -0.15) is 0 Å². The van der Waals surface area contributed by atoms with E-state index in [0.717, 1.165) is 17.8 Å². The first-order chi connectivity index (χ1) is 8.80. The van der Waals surface area contributed by atoms with Gasteiger partial charge in [-0.25, -0.2) is 0 Å². The zero-order valence-corrected chi connectivity index (χ0v) is 14.6. The third kappa shape index (κ3) is 6.15. The van der Waals surface area contributed by atoms with Gasteiger partial charge < -0.3 is 0 Å². The smallest absolute Gasteiger partial charge is 0.0265 e. The maximum absolute atomic E-state index is 3.94. The summed E-state index contributed by atoms with van der Waals surface area (Å²) in [5.74, 6) is 3.16. The van der Waals surface area contributed by atoms with Crippen LogP contribution in [0.4, 0.5) is 0 Å². The summed E-state index contributed by atoms with van der Waals surface area (Å²) in [4.78, 5) is 0. The Balaban J connectivity index is 4.95. The molecular weight excluding hydrogens is 228 g/mol. The summed E-state index contributed by atoms with van der Waals surface area (Å²) in [7, 11) is 0. The molecule has 0 amide bonds. The van der Waals surface area contributed by atoms with E-state index in [1.54, 1.807) is 0 Å². The molecular formula is C19H38. The van der Waals surface area contributed by atoms with Crippen molar-refractivity contribution in [3.63, 3.8) is 0 Å². The Bertz CT molecular complexity index is 236. The highest BCUT2D eigenvalue weighted by molar-refractivity contribution is 4.86. The Morgan fingerprint density at radius 2 is 1.63 bits per heavy atom. The summed E-state index contributed by atoms with van der Waals surface area (Å²) >= 11 is 0. The average Bonchev–Trinajstić information content (AvgIpc) is 2.32. The van der Waals surface area contributed by atoms with Gasteiger partial charge in [0, 0.05) is 0 Å². The van der Waals surface area contributed by atoms with E-state index in [1.807, 2.05) is 0 Å². The minimum absolute atomic E-state index is 0.473. The lowest BCUT2D eigenvalue weighted by molar-refractivity contribution is 0.0800. The van der Waals surface area contributed by atoms with Gasteiger partial charge in [0.25, 0.3) is 0 Å². The second-order valence-corrected chi connectivity index (χ2v) is 7.45. The number of hydrogen-bond donors (Lipinski definition) is 0. The highest BCUT2D eigenvalue weighted by Gasteiger charge is 2.35. The predicted molar refractivity (Wildman–Crippen MR) is 89.4 cm³/mol. The highest BCUT2D eigenvalue weighted by Crippen LogP contribution is 2.44. The number of rotatable bonds is 10. The molecule has 0 N–H and O–H groups in total. The van der Waals surface area contributed by atoms with E-state index in [2.05, 4.69) is 61.1 Å². The Hall–Kier alpha value is -0.260. The van der Waals surface area contributed by atoms with E-state index in [-0.39, 0.29) is 0 Å². The monoisotopic (exact) mass is 266 g/mol. The predicted octanol–water partition coefficient (Wildman–Crippen LogP) is 6.71. The summed E-state index contributed by atoms with van der Waals surface area (Å²) in [6, 6.07) is 0. The molecule has 3 unspecified atom stereocenters. The van der Waals surface area contributed by atoms with Gasteiger partial charge in [0.1, 0.15) is 0 Å². The van der Waals surface area contributed by atoms with Crippen LogP contribution in [0.5, 0.6) is 0 Å². The van der Waals surface area contributed by atoms with Gasteiger partial charge in [-0.05, 0) is 48.3 Å². The van der Waals surface area contributed by atoms with Crippen LogP contribution in [-0.4, -0.2) is 0 Å². The minimum atomic E-state index is 0.473. The maximum atomic E-state index is 3.94. The fourth-order valence-electron chi connectivity index (χ4n) is 3.79. The summed E-state index contributed by atoms with van der Waals surface area (Å²) in [6.45, 7) is 20.7. The van der Waals surface area contributed by atoms with Crippen molar-refractivity contribution in [2.75, 3.05) is 0 Å². The molecule has 0 nitrogen and oxygen atoms in total. The lowest BCUT2D eigenvalue weighted by Gasteiger charge is -2.42. The summed E-state index contributed by atoms with van der Waals surface area (Å²) in [6.07, 6.45) is 8.73. The van der Waals surface area contributed by atoms with Crippen LogP contribution in [0.1, 0.15) is 80.6 Å². The minimum Gasteiger partial charge on any atom is -0.103 e. The molecule has 0 saturated carbocycles. The van der Waals surface area contributed by atoms with Crippen LogP contribution in [-0.2, 0) is 0 Å². The van der Waals surface area contributed by atoms with Crippen LogP contribution < -0.4 is 0 Å². The van der Waals surface area contributed by atoms with E-state index >= 15 is 0 Å². The largest absolute Gasteiger partial charge is 0.103 e. The zero-order valence-electron chi connectivity index (χ0n) is 14.6. The van der Waals surface area contributed by atoms with Crippen LogP contribution in [0.15, 0.2) is 12.7 Å². The Morgan fingerprint density at radius 1 is 1.05 bits per heavy atom. The first-order valence-corrected chi connectivity index (χ1v) is 8.42. The van der Waals surface area contributed by atoms with Crippen LogP contribution in [0, 0.1) is 29.1 Å². The third-order valence-corrected chi connectivity index (χ3v) is 5.08. The summed E-state index contributed by atoms with van der Waals surface area (Å²) < 4.78 is 0. The molecule has 0 saturated heterocycles. The van der Waals surface area contributed by atoms with Gasteiger partial charge in [0.2, 0.25) is 0 Å². The third-order valence-electron chi connectivity index (χ3n) is 5.08. The van der Waals surface area contributed by atoms with Crippen LogP contribution in [0.25, 0.3) is 0 Å². The summed E-state index contributed by atoms with van der Waals surface area (Å²) in [5, 5.41) is 0. The number of hydrogen-bond acceptors (Lipinski definition) is 0. The van der Waals surface area contributed by atoms with Crippen LogP contribution in [0.3, 0.4) is 0 Å². The van der Waals surface area contributed by atoms with Gasteiger partial charge in [-0.3, -0.25) is 0 Å². The van der Waals surface area contributed by atoms with Crippen molar-refractivity contribution in [1.29, 1.82) is 0 Å². The maximum Gasteiger partial charge on any atom is -0.0265 e. The van der Waals surface area contributed by atoms with Crippen molar-refractivity contribution >= 4 is 0 Å². The van der Waals surface area contributed by atoms with E-state index in [9.17, 15) is 0 Å². The molecule has 19 heavy (non-hydrogen) atoms. The molecule has 0 fully saturated rings. The van der Waals surface area contributed by atoms with E-state index in [4.69, 9.17) is 0 Å². The fourth-order valence-corrected chi connectivity index (χ4v) is 3.79. The molecule has 0 bridgehead atoms. The molecule has 114 valence electrons.